The van der Waals surface area contributed by atoms with Crippen molar-refractivity contribution in [2.75, 3.05) is 61.0 Å². The Hall–Kier alpha value is -3.06. The van der Waals surface area contributed by atoms with Crippen LogP contribution in [0.3, 0.4) is 0 Å². The SMILES string of the molecule is Cc1ccc(N2CCN(c3cc4ccoc4c(N4CCN(C)CC4)n3)C2=O)cc1. The van der Waals surface area contributed by atoms with Crippen molar-refractivity contribution in [3.8, 4) is 0 Å². The third kappa shape index (κ3) is 3.21. The molecule has 2 aliphatic heterocycles. The molecular weight excluding hydrogens is 366 g/mol. The molecule has 0 spiro atoms. The van der Waals surface area contributed by atoms with Crippen molar-refractivity contribution in [3.63, 3.8) is 0 Å². The zero-order valence-corrected chi connectivity index (χ0v) is 16.8. The molecule has 0 bridgehead atoms. The largest absolute Gasteiger partial charge is 0.460 e. The van der Waals surface area contributed by atoms with Crippen LogP contribution in [0.2, 0.25) is 0 Å². The maximum atomic E-state index is 13.2. The second-order valence-electron chi connectivity index (χ2n) is 7.85. The van der Waals surface area contributed by atoms with Gasteiger partial charge in [0.25, 0.3) is 0 Å². The summed E-state index contributed by atoms with van der Waals surface area (Å²) in [6.45, 7) is 7.07. The number of aromatic nitrogens is 1. The van der Waals surface area contributed by atoms with Crippen LogP contribution in [0.4, 0.5) is 22.1 Å². The second-order valence-corrected chi connectivity index (χ2v) is 7.85. The molecular formula is C22H25N5O2. The number of hydrogen-bond acceptors (Lipinski definition) is 5. The molecule has 2 amide bonds. The number of piperazine rings is 1. The van der Waals surface area contributed by atoms with Crippen LogP contribution in [0.1, 0.15) is 5.56 Å². The first-order valence-electron chi connectivity index (χ1n) is 10.1. The smallest absolute Gasteiger partial charge is 0.330 e. The molecule has 7 heteroatoms. The number of furan rings is 1. The Morgan fingerprint density at radius 1 is 0.931 bits per heavy atom. The van der Waals surface area contributed by atoms with Crippen LogP contribution >= 0.6 is 0 Å². The van der Waals surface area contributed by atoms with Gasteiger partial charge in [0.15, 0.2) is 11.4 Å². The molecule has 29 heavy (non-hydrogen) atoms. The molecule has 2 aliphatic rings. The molecule has 0 saturated carbocycles. The van der Waals surface area contributed by atoms with Crippen LogP contribution in [-0.4, -0.2) is 62.2 Å². The number of benzene rings is 1. The van der Waals surface area contributed by atoms with Gasteiger partial charge in [-0.3, -0.25) is 9.80 Å². The van der Waals surface area contributed by atoms with Crippen molar-refractivity contribution in [1.82, 2.24) is 9.88 Å². The van der Waals surface area contributed by atoms with Crippen molar-refractivity contribution in [2.24, 2.45) is 0 Å². The maximum Gasteiger partial charge on any atom is 0.330 e. The van der Waals surface area contributed by atoms with E-state index in [0.29, 0.717) is 18.9 Å². The predicted octanol–water partition coefficient (Wildman–Crippen LogP) is 3.33. The minimum Gasteiger partial charge on any atom is -0.460 e. The molecule has 3 aromatic rings. The van der Waals surface area contributed by atoms with Crippen LogP contribution in [-0.2, 0) is 0 Å². The van der Waals surface area contributed by atoms with E-state index in [9.17, 15) is 4.79 Å². The number of rotatable bonds is 3. The van der Waals surface area contributed by atoms with E-state index in [4.69, 9.17) is 9.40 Å². The lowest BCUT2D eigenvalue weighted by Crippen LogP contribution is -2.45. The number of fused-ring (bicyclic) bond motifs is 1. The predicted molar refractivity (Wildman–Crippen MR) is 115 cm³/mol. The summed E-state index contributed by atoms with van der Waals surface area (Å²) in [4.78, 5) is 26.2. The topological polar surface area (TPSA) is 56.1 Å². The molecule has 0 radical (unpaired) electrons. The molecule has 4 heterocycles. The monoisotopic (exact) mass is 391 g/mol. The lowest BCUT2D eigenvalue weighted by atomic mass is 10.2. The zero-order chi connectivity index (χ0) is 20.0. The number of urea groups is 1. The molecule has 0 N–H and O–H groups in total. The number of likely N-dealkylation sites (N-methyl/N-ethyl adjacent to an activating group) is 1. The summed E-state index contributed by atoms with van der Waals surface area (Å²) in [6.07, 6.45) is 1.69. The summed E-state index contributed by atoms with van der Waals surface area (Å²) in [7, 11) is 2.13. The summed E-state index contributed by atoms with van der Waals surface area (Å²) >= 11 is 0. The minimum absolute atomic E-state index is 0.0338. The summed E-state index contributed by atoms with van der Waals surface area (Å²) in [6, 6.07) is 11.9. The van der Waals surface area contributed by atoms with Gasteiger partial charge in [0.05, 0.1) is 6.26 Å². The van der Waals surface area contributed by atoms with Gasteiger partial charge in [0.2, 0.25) is 0 Å². The number of pyridine rings is 1. The highest BCUT2D eigenvalue weighted by Crippen LogP contribution is 2.32. The Labute approximate surface area is 170 Å². The Kier molecular flexibility index (Phi) is 4.39. The number of hydrogen-bond donors (Lipinski definition) is 0. The highest BCUT2D eigenvalue weighted by Gasteiger charge is 2.32. The molecule has 150 valence electrons. The fourth-order valence-corrected chi connectivity index (χ4v) is 4.03. The summed E-state index contributed by atoms with van der Waals surface area (Å²) in [5.74, 6) is 1.52. The number of carbonyl (C=O) groups is 1. The van der Waals surface area contributed by atoms with E-state index in [-0.39, 0.29) is 6.03 Å². The number of amides is 2. The fourth-order valence-electron chi connectivity index (χ4n) is 4.03. The van der Waals surface area contributed by atoms with Crippen molar-refractivity contribution < 1.29 is 9.21 Å². The third-order valence-electron chi connectivity index (χ3n) is 5.84. The molecule has 2 aromatic heterocycles. The first-order valence-corrected chi connectivity index (χ1v) is 10.1. The normalized spacial score (nSPS) is 18.3. The molecule has 0 atom stereocenters. The average Bonchev–Trinajstić information content (AvgIpc) is 3.35. The molecule has 2 fully saturated rings. The van der Waals surface area contributed by atoms with E-state index in [1.54, 1.807) is 11.2 Å². The molecule has 5 rings (SSSR count). The molecule has 2 saturated heterocycles. The first kappa shape index (κ1) is 18.0. The van der Waals surface area contributed by atoms with Gasteiger partial charge in [0.1, 0.15) is 5.82 Å². The number of nitrogens with zero attached hydrogens (tertiary/aromatic N) is 5. The quantitative estimate of drug-likeness (QED) is 0.685. The Morgan fingerprint density at radius 2 is 1.66 bits per heavy atom. The second kappa shape index (κ2) is 7.08. The van der Waals surface area contributed by atoms with Crippen LogP contribution in [0.25, 0.3) is 11.0 Å². The van der Waals surface area contributed by atoms with Gasteiger partial charge in [-0.1, -0.05) is 17.7 Å². The van der Waals surface area contributed by atoms with Gasteiger partial charge >= 0.3 is 6.03 Å². The van der Waals surface area contributed by atoms with Gasteiger partial charge in [-0.2, -0.15) is 0 Å². The Morgan fingerprint density at radius 3 is 2.41 bits per heavy atom. The molecule has 7 nitrogen and oxygen atoms in total. The van der Waals surface area contributed by atoms with E-state index in [1.165, 1.54) is 5.56 Å². The lowest BCUT2D eigenvalue weighted by molar-refractivity contribution is 0.255. The van der Waals surface area contributed by atoms with Crippen molar-refractivity contribution in [1.29, 1.82) is 0 Å². The highest BCUT2D eigenvalue weighted by atomic mass is 16.3. The number of aryl methyl sites for hydroxylation is 1. The Balaban J connectivity index is 1.47. The summed E-state index contributed by atoms with van der Waals surface area (Å²) in [5.41, 5.74) is 2.90. The van der Waals surface area contributed by atoms with Gasteiger partial charge in [0, 0.05) is 50.3 Å². The summed E-state index contributed by atoms with van der Waals surface area (Å²) < 4.78 is 5.74. The van der Waals surface area contributed by atoms with Crippen molar-refractivity contribution in [2.45, 2.75) is 6.92 Å². The van der Waals surface area contributed by atoms with Crippen LogP contribution in [0, 0.1) is 6.92 Å². The first-order chi connectivity index (χ1) is 14.1. The molecule has 0 aliphatic carbocycles. The maximum absolute atomic E-state index is 13.2. The minimum atomic E-state index is -0.0338. The average molecular weight is 391 g/mol. The van der Waals surface area contributed by atoms with E-state index in [1.807, 2.05) is 48.2 Å². The van der Waals surface area contributed by atoms with Gasteiger partial charge < -0.3 is 14.2 Å². The number of anilines is 3. The van der Waals surface area contributed by atoms with Crippen molar-refractivity contribution >= 4 is 34.3 Å². The van der Waals surface area contributed by atoms with E-state index in [0.717, 1.165) is 48.7 Å². The van der Waals surface area contributed by atoms with Crippen LogP contribution in [0.5, 0.6) is 0 Å². The van der Waals surface area contributed by atoms with Gasteiger partial charge in [-0.25, -0.2) is 9.78 Å². The van der Waals surface area contributed by atoms with E-state index >= 15 is 0 Å². The summed E-state index contributed by atoms with van der Waals surface area (Å²) in [5, 5.41) is 0.977. The van der Waals surface area contributed by atoms with E-state index < -0.39 is 0 Å². The van der Waals surface area contributed by atoms with Gasteiger partial charge in [-0.15, -0.1) is 0 Å². The van der Waals surface area contributed by atoms with Crippen LogP contribution < -0.4 is 14.7 Å². The van der Waals surface area contributed by atoms with E-state index in [2.05, 4.69) is 16.8 Å². The van der Waals surface area contributed by atoms with Gasteiger partial charge in [-0.05, 0) is 38.2 Å². The third-order valence-corrected chi connectivity index (χ3v) is 5.84. The van der Waals surface area contributed by atoms with Crippen LogP contribution in [0.15, 0.2) is 47.1 Å². The zero-order valence-electron chi connectivity index (χ0n) is 16.8. The van der Waals surface area contributed by atoms with Crippen molar-refractivity contribution in [3.05, 3.63) is 48.2 Å². The fraction of sp³-hybridized carbons (Fsp3) is 0.364. The molecule has 1 aromatic carbocycles. The lowest BCUT2D eigenvalue weighted by Gasteiger charge is -2.33. The molecule has 0 unspecified atom stereocenters. The number of carbonyl (C=O) groups excluding carboxylic acids is 1. The standard InChI is InChI=1S/C22H25N5O2/c1-16-3-5-18(6-4-16)26-12-13-27(22(26)28)19-15-17-7-14-29-20(17)21(23-19)25-10-8-24(2)9-11-25/h3-7,14-15H,8-13H2,1-2H3. The Bertz CT molecular complexity index is 1040. The highest BCUT2D eigenvalue weighted by molar-refractivity contribution is 6.06.